The lowest BCUT2D eigenvalue weighted by Crippen LogP contribution is -2.50. The van der Waals surface area contributed by atoms with E-state index in [9.17, 15) is 10.1 Å². The summed E-state index contributed by atoms with van der Waals surface area (Å²) in [6.45, 7) is 6.95. The molecule has 2 rings (SSSR count). The van der Waals surface area contributed by atoms with Gasteiger partial charge in [-0.3, -0.25) is 4.79 Å². The molecule has 0 spiro atoms. The van der Waals surface area contributed by atoms with E-state index in [0.717, 1.165) is 48.1 Å². The normalized spacial score (nSPS) is 18.0. The lowest BCUT2D eigenvalue weighted by Gasteiger charge is -2.32. The van der Waals surface area contributed by atoms with E-state index >= 15 is 0 Å². The molecule has 0 aromatic carbocycles. The molecular weight excluding hydrogens is 342 g/mol. The van der Waals surface area contributed by atoms with E-state index in [4.69, 9.17) is 0 Å². The van der Waals surface area contributed by atoms with Crippen LogP contribution < -0.4 is 10.6 Å². The van der Waals surface area contributed by atoms with E-state index in [1.165, 1.54) is 23.1 Å². The third kappa shape index (κ3) is 5.35. The molecule has 0 unspecified atom stereocenters. The van der Waals surface area contributed by atoms with Crippen molar-refractivity contribution in [3.05, 3.63) is 0 Å². The van der Waals surface area contributed by atoms with Crippen LogP contribution in [0.25, 0.3) is 0 Å². The first-order valence-corrected chi connectivity index (χ1v) is 10.1. The first-order chi connectivity index (χ1) is 11.4. The summed E-state index contributed by atoms with van der Waals surface area (Å²) in [6, 6.07) is 2.32. The van der Waals surface area contributed by atoms with Crippen molar-refractivity contribution in [2.24, 2.45) is 5.92 Å². The minimum absolute atomic E-state index is 0.102. The monoisotopic (exact) mass is 367 g/mol. The van der Waals surface area contributed by atoms with Gasteiger partial charge in [-0.2, -0.15) is 5.26 Å². The van der Waals surface area contributed by atoms with Gasteiger partial charge >= 0.3 is 0 Å². The molecule has 0 aliphatic heterocycles. The van der Waals surface area contributed by atoms with Crippen LogP contribution in [0.5, 0.6) is 0 Å². The predicted octanol–water partition coefficient (Wildman–Crippen LogP) is 3.43. The summed E-state index contributed by atoms with van der Waals surface area (Å²) in [4.78, 5) is 12.5. The van der Waals surface area contributed by atoms with Crippen LogP contribution in [0.1, 0.15) is 52.9 Å². The third-order valence-corrected chi connectivity index (χ3v) is 6.06. The summed E-state index contributed by atoms with van der Waals surface area (Å²) in [5.74, 6) is 0.433. The maximum absolute atomic E-state index is 12.5. The van der Waals surface area contributed by atoms with Crippen LogP contribution in [0.15, 0.2) is 4.34 Å². The van der Waals surface area contributed by atoms with Gasteiger partial charge in [0, 0.05) is 6.54 Å². The van der Waals surface area contributed by atoms with Crippen molar-refractivity contribution in [2.45, 2.75) is 68.0 Å². The van der Waals surface area contributed by atoms with E-state index in [1.807, 2.05) is 6.92 Å². The van der Waals surface area contributed by atoms with Gasteiger partial charge in [0.25, 0.3) is 0 Å². The first-order valence-electron chi connectivity index (χ1n) is 8.41. The van der Waals surface area contributed by atoms with Gasteiger partial charge < -0.3 is 10.6 Å². The van der Waals surface area contributed by atoms with Crippen LogP contribution in [-0.4, -0.2) is 33.4 Å². The molecule has 1 aliphatic rings. The fourth-order valence-corrected chi connectivity index (χ4v) is 4.49. The number of aromatic nitrogens is 2. The van der Waals surface area contributed by atoms with E-state index in [0.29, 0.717) is 5.92 Å². The van der Waals surface area contributed by atoms with Crippen LogP contribution in [0.2, 0.25) is 0 Å². The molecule has 8 heteroatoms. The van der Waals surface area contributed by atoms with Gasteiger partial charge in [-0.1, -0.05) is 56.2 Å². The molecule has 1 saturated carbocycles. The Bertz CT molecular complexity index is 590. The molecule has 0 saturated heterocycles. The van der Waals surface area contributed by atoms with Gasteiger partial charge in [0.15, 0.2) is 4.34 Å². The highest BCUT2D eigenvalue weighted by molar-refractivity contribution is 8.02. The van der Waals surface area contributed by atoms with E-state index in [1.54, 1.807) is 0 Å². The molecule has 132 valence electrons. The number of carbonyl (C=O) groups excluding carboxylic acids is 1. The van der Waals surface area contributed by atoms with Gasteiger partial charge in [-0.15, -0.1) is 10.2 Å². The number of anilines is 1. The number of nitrogens with one attached hydrogen (secondary N) is 2. The standard InChI is InChI=1S/C16H25N5OS2/c1-11(2)9-18-14-20-21-15(24-14)23-12(3)13(22)19-16(10-17)7-5-4-6-8-16/h11-12H,4-9H2,1-3H3,(H,18,20)(H,19,22)/t12-/m1/s1. The summed E-state index contributed by atoms with van der Waals surface area (Å²) < 4.78 is 0.763. The fourth-order valence-electron chi connectivity index (χ4n) is 2.58. The Morgan fingerprint density at radius 2 is 2.04 bits per heavy atom. The Morgan fingerprint density at radius 1 is 1.33 bits per heavy atom. The molecular formula is C16H25N5OS2. The highest BCUT2D eigenvalue weighted by Crippen LogP contribution is 2.31. The van der Waals surface area contributed by atoms with E-state index in [-0.39, 0.29) is 11.2 Å². The lowest BCUT2D eigenvalue weighted by molar-refractivity contribution is -0.121. The highest BCUT2D eigenvalue weighted by Gasteiger charge is 2.35. The molecule has 0 bridgehead atoms. The number of amides is 1. The molecule has 1 aromatic heterocycles. The minimum Gasteiger partial charge on any atom is -0.360 e. The summed E-state index contributed by atoms with van der Waals surface area (Å²) in [5.41, 5.74) is -0.685. The second-order valence-corrected chi connectivity index (χ2v) is 9.22. The summed E-state index contributed by atoms with van der Waals surface area (Å²) in [5, 5.41) is 24.4. The number of thioether (sulfide) groups is 1. The maximum Gasteiger partial charge on any atom is 0.234 e. The van der Waals surface area contributed by atoms with E-state index < -0.39 is 5.54 Å². The molecule has 0 radical (unpaired) electrons. The average Bonchev–Trinajstić information content (AvgIpc) is 3.01. The summed E-state index contributed by atoms with van der Waals surface area (Å²) in [7, 11) is 0. The molecule has 24 heavy (non-hydrogen) atoms. The largest absolute Gasteiger partial charge is 0.360 e. The number of nitriles is 1. The van der Waals surface area contributed by atoms with Crippen LogP contribution >= 0.6 is 23.1 Å². The molecule has 1 fully saturated rings. The molecule has 6 nitrogen and oxygen atoms in total. The Hall–Kier alpha value is -1.33. The number of hydrogen-bond donors (Lipinski definition) is 2. The first kappa shape index (κ1) is 19.0. The lowest BCUT2D eigenvalue weighted by atomic mass is 9.83. The van der Waals surface area contributed by atoms with Crippen LogP contribution in [0, 0.1) is 17.2 Å². The zero-order valence-corrected chi connectivity index (χ0v) is 16.1. The Balaban J connectivity index is 1.88. The quantitative estimate of drug-likeness (QED) is 0.718. The number of rotatable bonds is 7. The average molecular weight is 368 g/mol. The second-order valence-electron chi connectivity index (χ2n) is 6.65. The maximum atomic E-state index is 12.5. The van der Waals surface area contributed by atoms with Crippen LogP contribution in [-0.2, 0) is 4.79 Å². The Morgan fingerprint density at radius 3 is 2.67 bits per heavy atom. The molecule has 1 atom stereocenters. The van der Waals surface area contributed by atoms with E-state index in [2.05, 4.69) is 40.7 Å². The van der Waals surface area contributed by atoms with Crippen LogP contribution in [0.3, 0.4) is 0 Å². The SMILES string of the molecule is CC(C)CNc1nnc(S[C@H](C)C(=O)NC2(C#N)CCCCC2)s1. The zero-order chi connectivity index (χ0) is 17.6. The molecule has 2 N–H and O–H groups in total. The minimum atomic E-state index is -0.685. The second kappa shape index (κ2) is 8.67. The third-order valence-electron chi connectivity index (χ3n) is 4.00. The van der Waals surface area contributed by atoms with Crippen LogP contribution in [0.4, 0.5) is 5.13 Å². The number of nitrogens with zero attached hydrogens (tertiary/aromatic N) is 3. The van der Waals surface area contributed by atoms with Crippen molar-refractivity contribution in [2.75, 3.05) is 11.9 Å². The fraction of sp³-hybridized carbons (Fsp3) is 0.750. The molecule has 1 heterocycles. The van der Waals surface area contributed by atoms with Gasteiger partial charge in [-0.05, 0) is 25.7 Å². The predicted molar refractivity (Wildman–Crippen MR) is 98.1 cm³/mol. The van der Waals surface area contributed by atoms with Crippen molar-refractivity contribution >= 4 is 34.1 Å². The smallest absolute Gasteiger partial charge is 0.234 e. The van der Waals surface area contributed by atoms with Crippen molar-refractivity contribution in [1.29, 1.82) is 5.26 Å². The molecule has 1 aliphatic carbocycles. The van der Waals surface area contributed by atoms with Gasteiger partial charge in [0.05, 0.1) is 11.3 Å². The van der Waals surface area contributed by atoms with Crippen molar-refractivity contribution in [3.8, 4) is 6.07 Å². The topological polar surface area (TPSA) is 90.7 Å². The highest BCUT2D eigenvalue weighted by atomic mass is 32.2. The van der Waals surface area contributed by atoms with Gasteiger partial charge in [-0.25, -0.2) is 0 Å². The zero-order valence-electron chi connectivity index (χ0n) is 14.5. The summed E-state index contributed by atoms with van der Waals surface area (Å²) >= 11 is 2.84. The molecule has 1 amide bonds. The molecule has 1 aromatic rings. The number of carbonyl (C=O) groups is 1. The van der Waals surface area contributed by atoms with Crippen molar-refractivity contribution < 1.29 is 4.79 Å². The van der Waals surface area contributed by atoms with Crippen molar-refractivity contribution in [1.82, 2.24) is 15.5 Å². The van der Waals surface area contributed by atoms with Crippen molar-refractivity contribution in [3.63, 3.8) is 0 Å². The Kier molecular flexibility index (Phi) is 6.87. The Labute approximate surface area is 151 Å². The number of hydrogen-bond acceptors (Lipinski definition) is 7. The van der Waals surface area contributed by atoms with Gasteiger partial charge in [0.2, 0.25) is 11.0 Å². The van der Waals surface area contributed by atoms with Gasteiger partial charge in [0.1, 0.15) is 5.54 Å². The summed E-state index contributed by atoms with van der Waals surface area (Å²) in [6.07, 6.45) is 4.62.